The minimum atomic E-state index is -0.581. The zero-order valence-corrected chi connectivity index (χ0v) is 16.9. The monoisotopic (exact) mass is 383 g/mol. The van der Waals surface area contributed by atoms with Crippen molar-refractivity contribution in [2.24, 2.45) is 5.41 Å². The molecule has 2 fully saturated rings. The van der Waals surface area contributed by atoms with Crippen LogP contribution in [-0.4, -0.2) is 50.8 Å². The molecule has 1 aliphatic carbocycles. The largest absolute Gasteiger partial charge is 0.344 e. The summed E-state index contributed by atoms with van der Waals surface area (Å²) in [7, 11) is 0. The second-order valence-electron chi connectivity index (χ2n) is 9.13. The van der Waals surface area contributed by atoms with Crippen molar-refractivity contribution in [3.63, 3.8) is 0 Å². The zero-order chi connectivity index (χ0) is 19.9. The zero-order valence-electron chi connectivity index (χ0n) is 16.9. The van der Waals surface area contributed by atoms with E-state index in [1.807, 2.05) is 25.7 Å². The second kappa shape index (κ2) is 7.18. The van der Waals surface area contributed by atoms with Gasteiger partial charge >= 0.3 is 0 Å². The number of carbonyl (C=O) groups excluding carboxylic acids is 2. The summed E-state index contributed by atoms with van der Waals surface area (Å²) >= 11 is 0. The van der Waals surface area contributed by atoms with Gasteiger partial charge in [-0.15, -0.1) is 0 Å². The lowest BCUT2D eigenvalue weighted by Gasteiger charge is -2.36. The number of amides is 2. The topological polar surface area (TPSA) is 91.0 Å². The minimum Gasteiger partial charge on any atom is -0.344 e. The number of nitrogens with one attached hydrogen (secondary N) is 2. The Labute approximate surface area is 165 Å². The summed E-state index contributed by atoms with van der Waals surface area (Å²) in [5, 5.41) is 2.99. The molecule has 1 unspecified atom stereocenters. The van der Waals surface area contributed by atoms with Gasteiger partial charge < -0.3 is 15.2 Å². The normalized spacial score (nSPS) is 18.9. The quantitative estimate of drug-likeness (QED) is 0.849. The fourth-order valence-corrected chi connectivity index (χ4v) is 3.81. The summed E-state index contributed by atoms with van der Waals surface area (Å²) in [6.07, 6.45) is 8.90. The van der Waals surface area contributed by atoms with E-state index in [9.17, 15) is 9.59 Å². The van der Waals surface area contributed by atoms with Crippen molar-refractivity contribution in [1.82, 2.24) is 25.2 Å². The predicted molar refractivity (Wildman–Crippen MR) is 107 cm³/mol. The van der Waals surface area contributed by atoms with Crippen molar-refractivity contribution in [2.75, 3.05) is 13.1 Å². The third-order valence-electron chi connectivity index (χ3n) is 5.70. The average molecular weight is 383 g/mol. The molecule has 1 aliphatic heterocycles. The van der Waals surface area contributed by atoms with E-state index in [0.717, 1.165) is 50.9 Å². The van der Waals surface area contributed by atoms with Crippen LogP contribution in [0.15, 0.2) is 12.4 Å². The van der Waals surface area contributed by atoms with Crippen LogP contribution in [0.2, 0.25) is 0 Å². The van der Waals surface area contributed by atoms with Gasteiger partial charge in [0.25, 0.3) is 5.91 Å². The minimum absolute atomic E-state index is 0.00476. The first-order valence-electron chi connectivity index (χ1n) is 10.3. The van der Waals surface area contributed by atoms with Crippen molar-refractivity contribution in [3.8, 4) is 0 Å². The fraction of sp³-hybridized carbons (Fsp3) is 0.619. The first kappa shape index (κ1) is 18.9. The maximum Gasteiger partial charge on any atom is 0.255 e. The number of hydrogen-bond acceptors (Lipinski definition) is 4. The molecule has 0 radical (unpaired) electrons. The predicted octanol–water partition coefficient (Wildman–Crippen LogP) is 2.99. The molecule has 0 spiro atoms. The van der Waals surface area contributed by atoms with E-state index in [1.165, 1.54) is 0 Å². The molecule has 150 valence electrons. The number of carbonyl (C=O) groups is 2. The molecule has 2 aliphatic rings. The van der Waals surface area contributed by atoms with Crippen LogP contribution in [0.5, 0.6) is 0 Å². The van der Waals surface area contributed by atoms with Gasteiger partial charge in [0.05, 0.1) is 17.5 Å². The summed E-state index contributed by atoms with van der Waals surface area (Å²) in [6.45, 7) is 7.50. The Morgan fingerprint density at radius 3 is 2.57 bits per heavy atom. The molecule has 1 saturated heterocycles. The molecule has 2 aromatic rings. The lowest BCUT2D eigenvalue weighted by Crippen LogP contribution is -2.55. The van der Waals surface area contributed by atoms with Gasteiger partial charge in [-0.25, -0.2) is 9.97 Å². The maximum atomic E-state index is 13.1. The van der Waals surface area contributed by atoms with Gasteiger partial charge in [-0.2, -0.15) is 0 Å². The Morgan fingerprint density at radius 2 is 1.93 bits per heavy atom. The molecule has 3 heterocycles. The average Bonchev–Trinajstić information content (AvgIpc) is 3.44. The molecule has 4 rings (SSSR count). The van der Waals surface area contributed by atoms with E-state index in [-0.39, 0.29) is 17.2 Å². The standard InChI is InChI=1S/C21H29N5O2/c1-21(2,3)17(20(28)26-9-5-4-6-10-26)25-19(27)14-11-22-18-16(14)24-15(12-23-18)13-7-8-13/h11-13,17H,4-10H2,1-3H3,(H,22,23)(H,25,27). The number of piperidine rings is 1. The Morgan fingerprint density at radius 1 is 1.21 bits per heavy atom. The van der Waals surface area contributed by atoms with E-state index in [1.54, 1.807) is 12.4 Å². The number of likely N-dealkylation sites (tertiary alicyclic amines) is 1. The van der Waals surface area contributed by atoms with Gasteiger partial charge in [-0.05, 0) is 37.5 Å². The number of nitrogens with zero attached hydrogens (tertiary/aromatic N) is 3. The Kier molecular flexibility index (Phi) is 4.85. The Hall–Kier alpha value is -2.44. The molecule has 2 aromatic heterocycles. The Bertz CT molecular complexity index is 888. The third kappa shape index (κ3) is 3.75. The van der Waals surface area contributed by atoms with Gasteiger partial charge in [0, 0.05) is 25.2 Å². The highest BCUT2D eigenvalue weighted by molar-refractivity contribution is 6.06. The van der Waals surface area contributed by atoms with Crippen LogP contribution in [0.3, 0.4) is 0 Å². The smallest absolute Gasteiger partial charge is 0.255 e. The number of H-pyrrole nitrogens is 1. The van der Waals surface area contributed by atoms with Crippen LogP contribution in [-0.2, 0) is 4.79 Å². The van der Waals surface area contributed by atoms with Crippen LogP contribution in [0.1, 0.15) is 74.8 Å². The second-order valence-corrected chi connectivity index (χ2v) is 9.13. The van der Waals surface area contributed by atoms with E-state index in [0.29, 0.717) is 22.6 Å². The van der Waals surface area contributed by atoms with Crippen molar-refractivity contribution >= 4 is 23.0 Å². The highest BCUT2D eigenvalue weighted by Crippen LogP contribution is 2.39. The molecule has 7 nitrogen and oxygen atoms in total. The molecular formula is C21H29N5O2. The van der Waals surface area contributed by atoms with Crippen molar-refractivity contribution < 1.29 is 9.59 Å². The van der Waals surface area contributed by atoms with E-state index >= 15 is 0 Å². The first-order chi connectivity index (χ1) is 13.3. The lowest BCUT2D eigenvalue weighted by molar-refractivity contribution is -0.136. The molecule has 2 N–H and O–H groups in total. The van der Waals surface area contributed by atoms with Crippen molar-refractivity contribution in [3.05, 3.63) is 23.7 Å². The fourth-order valence-electron chi connectivity index (χ4n) is 3.81. The summed E-state index contributed by atoms with van der Waals surface area (Å²) in [5.41, 5.74) is 2.19. The van der Waals surface area contributed by atoms with Crippen LogP contribution in [0.4, 0.5) is 0 Å². The van der Waals surface area contributed by atoms with Crippen molar-refractivity contribution in [1.29, 1.82) is 0 Å². The van der Waals surface area contributed by atoms with Gasteiger partial charge in [-0.3, -0.25) is 9.59 Å². The summed E-state index contributed by atoms with van der Waals surface area (Å²) in [5.74, 6) is 0.189. The van der Waals surface area contributed by atoms with Crippen LogP contribution >= 0.6 is 0 Å². The van der Waals surface area contributed by atoms with Crippen molar-refractivity contribution in [2.45, 2.75) is 64.8 Å². The number of aromatic nitrogens is 3. The molecule has 0 bridgehead atoms. The molecule has 7 heteroatoms. The van der Waals surface area contributed by atoms with Gasteiger partial charge in [0.2, 0.25) is 5.91 Å². The molecule has 1 atom stereocenters. The van der Waals surface area contributed by atoms with E-state index in [2.05, 4.69) is 20.3 Å². The molecular weight excluding hydrogens is 354 g/mol. The lowest BCUT2D eigenvalue weighted by atomic mass is 9.85. The van der Waals surface area contributed by atoms with Crippen LogP contribution < -0.4 is 5.32 Å². The van der Waals surface area contributed by atoms with Crippen LogP contribution in [0, 0.1) is 5.41 Å². The van der Waals surface area contributed by atoms with Gasteiger partial charge in [0.15, 0.2) is 5.65 Å². The molecule has 0 aromatic carbocycles. The van der Waals surface area contributed by atoms with E-state index in [4.69, 9.17) is 0 Å². The summed E-state index contributed by atoms with van der Waals surface area (Å²) < 4.78 is 0. The Balaban J connectivity index is 1.58. The highest BCUT2D eigenvalue weighted by atomic mass is 16.2. The molecule has 28 heavy (non-hydrogen) atoms. The number of fused-ring (bicyclic) bond motifs is 1. The van der Waals surface area contributed by atoms with Gasteiger partial charge in [0.1, 0.15) is 11.6 Å². The third-order valence-corrected chi connectivity index (χ3v) is 5.70. The highest BCUT2D eigenvalue weighted by Gasteiger charge is 2.36. The summed E-state index contributed by atoms with van der Waals surface area (Å²) in [6, 6.07) is -0.581. The number of hydrogen-bond donors (Lipinski definition) is 2. The number of rotatable bonds is 4. The summed E-state index contributed by atoms with van der Waals surface area (Å²) in [4.78, 5) is 40.2. The van der Waals surface area contributed by atoms with E-state index < -0.39 is 6.04 Å². The first-order valence-corrected chi connectivity index (χ1v) is 10.3. The maximum absolute atomic E-state index is 13.1. The molecule has 2 amide bonds. The molecule has 1 saturated carbocycles. The SMILES string of the molecule is CC(C)(C)C(NC(=O)c1c[nH]c2ncc(C3CC3)nc12)C(=O)N1CCCCC1. The van der Waals surface area contributed by atoms with Gasteiger partial charge in [-0.1, -0.05) is 20.8 Å². The number of aromatic amines is 1. The van der Waals surface area contributed by atoms with Crippen LogP contribution in [0.25, 0.3) is 11.2 Å².